The molecule has 0 aliphatic carbocycles. The van der Waals surface area contributed by atoms with Crippen molar-refractivity contribution in [2.24, 2.45) is 0 Å². The van der Waals surface area contributed by atoms with Crippen molar-refractivity contribution in [1.82, 2.24) is 19.8 Å². The first-order valence-electron chi connectivity index (χ1n) is 6.63. The molecule has 21 heavy (non-hydrogen) atoms. The number of nitrogen functional groups attached to an aromatic ring is 1. The molecule has 1 aromatic carbocycles. The smallest absolute Gasteiger partial charge is 0.205 e. The van der Waals surface area contributed by atoms with Gasteiger partial charge in [0.15, 0.2) is 11.5 Å². The Morgan fingerprint density at radius 2 is 1.90 bits per heavy atom. The maximum atomic E-state index is 9.01. The second-order valence-electron chi connectivity index (χ2n) is 5.06. The molecule has 0 unspecified atom stereocenters. The van der Waals surface area contributed by atoms with E-state index in [1.54, 1.807) is 0 Å². The van der Waals surface area contributed by atoms with Gasteiger partial charge in [-0.15, -0.1) is 10.2 Å². The quantitative estimate of drug-likeness (QED) is 0.776. The highest BCUT2D eigenvalue weighted by molar-refractivity contribution is 5.81. The van der Waals surface area contributed by atoms with E-state index in [0.29, 0.717) is 5.65 Å². The number of nitrogens with two attached hydrogens (primary N) is 1. The van der Waals surface area contributed by atoms with Crippen molar-refractivity contribution in [1.29, 1.82) is 5.26 Å². The van der Waals surface area contributed by atoms with Crippen LogP contribution in [0.3, 0.4) is 0 Å². The lowest BCUT2D eigenvalue weighted by molar-refractivity contribution is 0.785. The minimum Gasteiger partial charge on any atom is -0.381 e. The Balaban J connectivity index is 2.40. The van der Waals surface area contributed by atoms with Crippen LogP contribution in [0.15, 0.2) is 30.3 Å². The normalized spacial score (nSPS) is 11.0. The largest absolute Gasteiger partial charge is 0.381 e. The molecule has 0 saturated heterocycles. The van der Waals surface area contributed by atoms with Crippen LogP contribution in [-0.2, 0) is 0 Å². The highest BCUT2D eigenvalue weighted by Gasteiger charge is 2.21. The average molecular weight is 278 g/mol. The van der Waals surface area contributed by atoms with Crippen LogP contribution in [0, 0.1) is 11.3 Å². The fourth-order valence-corrected chi connectivity index (χ4v) is 2.30. The maximum Gasteiger partial charge on any atom is 0.205 e. The summed E-state index contributed by atoms with van der Waals surface area (Å²) >= 11 is 0. The summed E-state index contributed by atoms with van der Waals surface area (Å²) in [6.07, 6.45) is 0. The lowest BCUT2D eigenvalue weighted by Gasteiger charge is -2.04. The van der Waals surface area contributed by atoms with Gasteiger partial charge in [0, 0.05) is 0 Å². The van der Waals surface area contributed by atoms with E-state index in [2.05, 4.69) is 29.1 Å². The predicted molar refractivity (Wildman–Crippen MR) is 79.4 cm³/mol. The van der Waals surface area contributed by atoms with Crippen LogP contribution in [0.1, 0.15) is 31.2 Å². The molecule has 0 fully saturated rings. The number of nitrogens with zero attached hydrogens (tertiary/aromatic N) is 5. The standard InChI is InChI=1S/C15H14N6/c1-9(2)13-12(10-6-4-3-5-7-10)15-19-18-11(8-16)14(17)21(15)20-13/h3-7,9H,17H2,1-2H3. The number of fused-ring (bicyclic) bond motifs is 1. The van der Waals surface area contributed by atoms with Crippen molar-refractivity contribution >= 4 is 11.5 Å². The summed E-state index contributed by atoms with van der Waals surface area (Å²) in [6.45, 7) is 4.12. The summed E-state index contributed by atoms with van der Waals surface area (Å²) in [7, 11) is 0. The van der Waals surface area contributed by atoms with Gasteiger partial charge in [0.1, 0.15) is 6.07 Å². The van der Waals surface area contributed by atoms with E-state index in [-0.39, 0.29) is 17.4 Å². The molecule has 3 rings (SSSR count). The average Bonchev–Trinajstić information content (AvgIpc) is 2.89. The number of hydrogen-bond acceptors (Lipinski definition) is 5. The first-order valence-corrected chi connectivity index (χ1v) is 6.63. The van der Waals surface area contributed by atoms with Crippen LogP contribution in [0.4, 0.5) is 5.82 Å². The van der Waals surface area contributed by atoms with Crippen molar-refractivity contribution in [3.63, 3.8) is 0 Å². The van der Waals surface area contributed by atoms with Crippen LogP contribution < -0.4 is 5.73 Å². The first-order chi connectivity index (χ1) is 10.1. The molecule has 0 spiro atoms. The SMILES string of the molecule is CC(C)c1nn2c(N)c(C#N)nnc2c1-c1ccccc1. The van der Waals surface area contributed by atoms with Gasteiger partial charge in [0.05, 0.1) is 11.3 Å². The molecule has 0 amide bonds. The van der Waals surface area contributed by atoms with E-state index in [1.165, 1.54) is 4.52 Å². The molecule has 0 atom stereocenters. The van der Waals surface area contributed by atoms with Gasteiger partial charge >= 0.3 is 0 Å². The fraction of sp³-hybridized carbons (Fsp3) is 0.200. The molecule has 0 bridgehead atoms. The number of anilines is 1. The van der Waals surface area contributed by atoms with E-state index in [9.17, 15) is 0 Å². The molecular weight excluding hydrogens is 264 g/mol. The maximum absolute atomic E-state index is 9.01. The predicted octanol–water partition coefficient (Wildman–Crippen LogP) is 2.37. The minimum absolute atomic E-state index is 0.0833. The number of aromatic nitrogens is 4. The number of hydrogen-bond donors (Lipinski definition) is 1. The van der Waals surface area contributed by atoms with Gasteiger partial charge in [-0.05, 0) is 11.5 Å². The van der Waals surface area contributed by atoms with Crippen LogP contribution in [0.5, 0.6) is 0 Å². The first kappa shape index (κ1) is 13.1. The van der Waals surface area contributed by atoms with Gasteiger partial charge in [-0.25, -0.2) is 0 Å². The highest BCUT2D eigenvalue weighted by atomic mass is 15.3. The summed E-state index contributed by atoms with van der Waals surface area (Å²) in [5, 5.41) is 21.6. The molecular formula is C15H14N6. The molecule has 0 saturated carbocycles. The molecule has 104 valence electrons. The summed E-state index contributed by atoms with van der Waals surface area (Å²) in [6, 6.07) is 11.8. The summed E-state index contributed by atoms with van der Waals surface area (Å²) in [5.74, 6) is 0.415. The van der Waals surface area contributed by atoms with Gasteiger partial charge in [-0.3, -0.25) is 0 Å². The Labute approximate surface area is 121 Å². The van der Waals surface area contributed by atoms with Crippen molar-refractivity contribution in [2.75, 3.05) is 5.73 Å². The van der Waals surface area contributed by atoms with E-state index < -0.39 is 0 Å². The summed E-state index contributed by atoms with van der Waals surface area (Å²) in [4.78, 5) is 0. The Morgan fingerprint density at radius 3 is 2.52 bits per heavy atom. The summed E-state index contributed by atoms with van der Waals surface area (Å²) in [5.41, 5.74) is 9.43. The third kappa shape index (κ3) is 1.99. The Bertz CT molecular complexity index is 842. The molecule has 2 aromatic heterocycles. The number of benzene rings is 1. The van der Waals surface area contributed by atoms with Gasteiger partial charge in [0.25, 0.3) is 0 Å². The lowest BCUT2D eigenvalue weighted by Crippen LogP contribution is -2.06. The zero-order valence-corrected chi connectivity index (χ0v) is 11.8. The van der Waals surface area contributed by atoms with Crippen LogP contribution >= 0.6 is 0 Å². The number of rotatable bonds is 2. The topological polar surface area (TPSA) is 92.9 Å². The molecule has 0 aliphatic rings. The zero-order chi connectivity index (χ0) is 15.0. The second-order valence-corrected chi connectivity index (χ2v) is 5.06. The minimum atomic E-state index is 0.0833. The molecule has 2 N–H and O–H groups in total. The fourth-order valence-electron chi connectivity index (χ4n) is 2.30. The second kappa shape index (κ2) is 4.87. The Hall–Kier alpha value is -2.94. The van der Waals surface area contributed by atoms with Crippen molar-refractivity contribution in [3.8, 4) is 17.2 Å². The molecule has 6 nitrogen and oxygen atoms in total. The van der Waals surface area contributed by atoms with E-state index in [4.69, 9.17) is 11.0 Å². The van der Waals surface area contributed by atoms with E-state index >= 15 is 0 Å². The van der Waals surface area contributed by atoms with Crippen LogP contribution in [-0.4, -0.2) is 19.8 Å². The lowest BCUT2D eigenvalue weighted by atomic mass is 10.00. The highest BCUT2D eigenvalue weighted by Crippen LogP contribution is 2.32. The molecule has 6 heteroatoms. The van der Waals surface area contributed by atoms with Crippen molar-refractivity contribution < 1.29 is 0 Å². The zero-order valence-electron chi connectivity index (χ0n) is 11.8. The molecule has 2 heterocycles. The van der Waals surface area contributed by atoms with Crippen LogP contribution in [0.25, 0.3) is 16.8 Å². The monoisotopic (exact) mass is 278 g/mol. The summed E-state index contributed by atoms with van der Waals surface area (Å²) < 4.78 is 1.50. The molecule has 3 aromatic rings. The van der Waals surface area contributed by atoms with Gasteiger partial charge in [0.2, 0.25) is 5.69 Å². The van der Waals surface area contributed by atoms with Crippen LogP contribution in [0.2, 0.25) is 0 Å². The van der Waals surface area contributed by atoms with Gasteiger partial charge < -0.3 is 5.73 Å². The third-order valence-electron chi connectivity index (χ3n) is 3.32. The van der Waals surface area contributed by atoms with E-state index in [1.807, 2.05) is 36.4 Å². The Kier molecular flexibility index (Phi) is 3.03. The van der Waals surface area contributed by atoms with E-state index in [0.717, 1.165) is 16.8 Å². The van der Waals surface area contributed by atoms with Crippen molar-refractivity contribution in [2.45, 2.75) is 19.8 Å². The van der Waals surface area contributed by atoms with Crippen molar-refractivity contribution in [3.05, 3.63) is 41.7 Å². The molecule has 0 radical (unpaired) electrons. The Morgan fingerprint density at radius 1 is 1.19 bits per heavy atom. The third-order valence-corrected chi connectivity index (χ3v) is 3.32. The van der Waals surface area contributed by atoms with Gasteiger partial charge in [-0.2, -0.15) is 14.9 Å². The number of nitriles is 1. The van der Waals surface area contributed by atoms with Gasteiger partial charge in [-0.1, -0.05) is 44.2 Å². The molecule has 0 aliphatic heterocycles.